The van der Waals surface area contributed by atoms with Gasteiger partial charge in [0.15, 0.2) is 5.69 Å². The molecule has 2 fully saturated rings. The van der Waals surface area contributed by atoms with Gasteiger partial charge < -0.3 is 10.1 Å². The van der Waals surface area contributed by atoms with Gasteiger partial charge in [0.1, 0.15) is 0 Å². The van der Waals surface area contributed by atoms with Crippen molar-refractivity contribution in [3.05, 3.63) is 15.0 Å². The molecular weight excluding hydrogens is 369 g/mol. The Hall–Kier alpha value is -0.630. The minimum Gasteiger partial charge on any atom is -0.376 e. The van der Waals surface area contributed by atoms with Crippen molar-refractivity contribution in [3.63, 3.8) is 0 Å². The third-order valence-electron chi connectivity index (χ3n) is 4.55. The van der Waals surface area contributed by atoms with Crippen LogP contribution >= 0.6 is 22.6 Å². The molecule has 5 nitrogen and oxygen atoms in total. The van der Waals surface area contributed by atoms with E-state index in [9.17, 15) is 4.79 Å². The molecule has 2 aliphatic rings. The highest BCUT2D eigenvalue weighted by molar-refractivity contribution is 14.1. The van der Waals surface area contributed by atoms with Crippen LogP contribution in [-0.2, 0) is 11.8 Å². The molecule has 2 heterocycles. The fraction of sp³-hybridized carbons (Fsp3) is 0.714. The maximum atomic E-state index is 12.4. The summed E-state index contributed by atoms with van der Waals surface area (Å²) in [5, 5.41) is 7.44. The molecule has 1 saturated carbocycles. The second-order valence-electron chi connectivity index (χ2n) is 5.77. The summed E-state index contributed by atoms with van der Waals surface area (Å²) in [6.07, 6.45) is 5.14. The number of aromatic nitrogens is 2. The van der Waals surface area contributed by atoms with Crippen LogP contribution < -0.4 is 5.32 Å². The molecule has 1 aliphatic carbocycles. The number of carbonyl (C=O) groups is 1. The number of amides is 1. The summed E-state index contributed by atoms with van der Waals surface area (Å²) in [6.45, 7) is 2.62. The molecule has 0 spiro atoms. The van der Waals surface area contributed by atoms with E-state index in [-0.39, 0.29) is 11.9 Å². The maximum absolute atomic E-state index is 12.4. The van der Waals surface area contributed by atoms with Gasteiger partial charge in [-0.05, 0) is 42.4 Å². The predicted octanol–water partition coefficient (Wildman–Crippen LogP) is 2.02. The summed E-state index contributed by atoms with van der Waals surface area (Å²) < 4.78 is 8.51. The first-order valence-electron chi connectivity index (χ1n) is 7.19. The second-order valence-corrected chi connectivity index (χ2v) is 6.85. The van der Waals surface area contributed by atoms with Crippen LogP contribution in [0.3, 0.4) is 0 Å². The number of nitrogens with zero attached hydrogens (tertiary/aromatic N) is 2. The van der Waals surface area contributed by atoms with Crippen LogP contribution in [0.1, 0.15) is 41.9 Å². The minimum absolute atomic E-state index is 0.0714. The van der Waals surface area contributed by atoms with Gasteiger partial charge in [0.25, 0.3) is 5.91 Å². The van der Waals surface area contributed by atoms with Crippen LogP contribution in [-0.4, -0.2) is 34.4 Å². The van der Waals surface area contributed by atoms with Gasteiger partial charge in [-0.3, -0.25) is 9.48 Å². The topological polar surface area (TPSA) is 56.1 Å². The van der Waals surface area contributed by atoms with E-state index in [1.165, 1.54) is 12.8 Å². The lowest BCUT2D eigenvalue weighted by molar-refractivity contribution is 0.0662. The Morgan fingerprint density at radius 3 is 2.90 bits per heavy atom. The number of fused-ring (bicyclic) bond motifs is 1. The van der Waals surface area contributed by atoms with E-state index in [1.807, 2.05) is 14.0 Å². The highest BCUT2D eigenvalue weighted by Crippen LogP contribution is 2.34. The van der Waals surface area contributed by atoms with Gasteiger partial charge in [-0.25, -0.2) is 0 Å². The molecule has 1 saturated heterocycles. The quantitative estimate of drug-likeness (QED) is 0.788. The molecular formula is C14H20IN3O2. The molecule has 0 aromatic carbocycles. The van der Waals surface area contributed by atoms with Gasteiger partial charge in [0.2, 0.25) is 0 Å². The predicted molar refractivity (Wildman–Crippen MR) is 83.6 cm³/mol. The first kappa shape index (κ1) is 14.3. The number of aryl methyl sites for hydroxylation is 1. The lowest BCUT2D eigenvalue weighted by Gasteiger charge is -2.27. The molecule has 1 aliphatic heterocycles. The molecule has 1 aromatic heterocycles. The molecule has 3 unspecified atom stereocenters. The molecule has 1 amide bonds. The number of rotatable bonds is 2. The molecule has 1 N–H and O–H groups in total. The number of ether oxygens (including phenoxy) is 1. The standard InChI is InChI=1S/C14H20IN3O2/c1-8-12(15)13(17-18(8)2)14(19)16-10-7-20-11-6-4-3-5-9(10)11/h9-11H,3-7H2,1-2H3,(H,16,19). The van der Waals surface area contributed by atoms with E-state index in [0.717, 1.165) is 22.1 Å². The Kier molecular flexibility index (Phi) is 4.03. The third-order valence-corrected chi connectivity index (χ3v) is 5.84. The lowest BCUT2D eigenvalue weighted by atomic mass is 9.83. The molecule has 3 atom stereocenters. The van der Waals surface area contributed by atoms with Crippen LogP contribution in [0.2, 0.25) is 0 Å². The average Bonchev–Trinajstić information content (AvgIpc) is 2.96. The van der Waals surface area contributed by atoms with E-state index in [1.54, 1.807) is 4.68 Å². The summed E-state index contributed by atoms with van der Waals surface area (Å²) >= 11 is 2.19. The lowest BCUT2D eigenvalue weighted by Crippen LogP contribution is -2.42. The molecule has 3 rings (SSSR count). The zero-order valence-corrected chi connectivity index (χ0v) is 14.0. The van der Waals surface area contributed by atoms with Gasteiger partial charge in [-0.15, -0.1) is 0 Å². The first-order valence-corrected chi connectivity index (χ1v) is 8.27. The average molecular weight is 389 g/mol. The van der Waals surface area contributed by atoms with Crippen molar-refractivity contribution in [1.82, 2.24) is 15.1 Å². The van der Waals surface area contributed by atoms with Crippen molar-refractivity contribution in [2.45, 2.75) is 44.8 Å². The van der Waals surface area contributed by atoms with Gasteiger partial charge >= 0.3 is 0 Å². The Morgan fingerprint density at radius 2 is 2.20 bits per heavy atom. The number of carbonyl (C=O) groups excluding carboxylic acids is 1. The van der Waals surface area contributed by atoms with E-state index >= 15 is 0 Å². The summed E-state index contributed by atoms with van der Waals surface area (Å²) in [4.78, 5) is 12.4. The summed E-state index contributed by atoms with van der Waals surface area (Å²) in [6, 6.07) is 0.144. The number of nitrogens with one attached hydrogen (secondary N) is 1. The smallest absolute Gasteiger partial charge is 0.273 e. The monoisotopic (exact) mass is 389 g/mol. The Balaban J connectivity index is 1.71. The molecule has 6 heteroatoms. The largest absolute Gasteiger partial charge is 0.376 e. The highest BCUT2D eigenvalue weighted by Gasteiger charge is 2.39. The van der Waals surface area contributed by atoms with Crippen LogP contribution in [0, 0.1) is 16.4 Å². The third kappa shape index (κ3) is 2.47. The Bertz CT molecular complexity index is 529. The number of hydrogen-bond acceptors (Lipinski definition) is 3. The zero-order valence-electron chi connectivity index (χ0n) is 11.9. The van der Waals surface area contributed by atoms with Crippen molar-refractivity contribution in [2.75, 3.05) is 6.61 Å². The van der Waals surface area contributed by atoms with Crippen molar-refractivity contribution in [2.24, 2.45) is 13.0 Å². The fourth-order valence-corrected chi connectivity index (χ4v) is 3.96. The van der Waals surface area contributed by atoms with Crippen LogP contribution in [0.5, 0.6) is 0 Å². The van der Waals surface area contributed by atoms with Gasteiger partial charge in [-0.1, -0.05) is 12.8 Å². The van der Waals surface area contributed by atoms with Crippen molar-refractivity contribution >= 4 is 28.5 Å². The van der Waals surface area contributed by atoms with Crippen molar-refractivity contribution in [1.29, 1.82) is 0 Å². The zero-order chi connectivity index (χ0) is 14.3. The fourth-order valence-electron chi connectivity index (χ4n) is 3.26. The molecule has 0 bridgehead atoms. The first-order chi connectivity index (χ1) is 9.58. The van der Waals surface area contributed by atoms with Gasteiger partial charge in [0.05, 0.1) is 22.3 Å². The van der Waals surface area contributed by atoms with Crippen LogP contribution in [0.15, 0.2) is 0 Å². The van der Waals surface area contributed by atoms with Gasteiger partial charge in [-0.2, -0.15) is 5.10 Å². The summed E-state index contributed by atoms with van der Waals surface area (Å²) in [7, 11) is 1.87. The van der Waals surface area contributed by atoms with Gasteiger partial charge in [0, 0.05) is 18.7 Å². The number of hydrogen-bond donors (Lipinski definition) is 1. The SMILES string of the molecule is Cc1c(I)c(C(=O)NC2COC3CCCCC23)nn1C. The minimum atomic E-state index is -0.0714. The maximum Gasteiger partial charge on any atom is 0.273 e. The van der Waals surface area contributed by atoms with Crippen LogP contribution in [0.25, 0.3) is 0 Å². The van der Waals surface area contributed by atoms with Crippen molar-refractivity contribution < 1.29 is 9.53 Å². The normalized spacial score (nSPS) is 29.2. The summed E-state index contributed by atoms with van der Waals surface area (Å²) in [5.41, 5.74) is 1.55. The van der Waals surface area contributed by atoms with Crippen LogP contribution in [0.4, 0.5) is 0 Å². The molecule has 20 heavy (non-hydrogen) atoms. The van der Waals surface area contributed by atoms with Crippen molar-refractivity contribution in [3.8, 4) is 0 Å². The molecule has 110 valence electrons. The van der Waals surface area contributed by atoms with E-state index in [2.05, 4.69) is 33.0 Å². The summed E-state index contributed by atoms with van der Waals surface area (Å²) in [5.74, 6) is 0.410. The molecule has 0 radical (unpaired) electrons. The Labute approximate surface area is 132 Å². The molecule has 1 aromatic rings. The highest BCUT2D eigenvalue weighted by atomic mass is 127. The van der Waals surface area contributed by atoms with E-state index in [0.29, 0.717) is 24.3 Å². The van der Waals surface area contributed by atoms with E-state index in [4.69, 9.17) is 4.74 Å². The van der Waals surface area contributed by atoms with E-state index < -0.39 is 0 Å². The Morgan fingerprint density at radius 1 is 1.45 bits per heavy atom. The second kappa shape index (κ2) is 5.63. The number of halogens is 1.